The lowest BCUT2D eigenvalue weighted by Gasteiger charge is -2.03. The summed E-state index contributed by atoms with van der Waals surface area (Å²) in [4.78, 5) is 28.2. The van der Waals surface area contributed by atoms with Gasteiger partial charge in [0.05, 0.1) is 5.56 Å². The summed E-state index contributed by atoms with van der Waals surface area (Å²) >= 11 is 1.47. The number of hydrogen-bond donors (Lipinski definition) is 1. The molecule has 2 aromatic rings. The quantitative estimate of drug-likeness (QED) is 0.852. The summed E-state index contributed by atoms with van der Waals surface area (Å²) in [5.41, 5.74) is 0.731. The number of carboxylic acids is 1. The monoisotopic (exact) mass is 287 g/mol. The van der Waals surface area contributed by atoms with E-state index >= 15 is 0 Å². The van der Waals surface area contributed by atoms with Crippen LogP contribution in [0.1, 0.15) is 34.2 Å². The number of carbonyl (C=O) groups excluding carboxylic acids is 1. The van der Waals surface area contributed by atoms with Gasteiger partial charge in [0.2, 0.25) is 0 Å². The third-order valence-corrected chi connectivity index (χ3v) is 3.67. The highest BCUT2D eigenvalue weighted by Gasteiger charge is 2.06. The van der Waals surface area contributed by atoms with Crippen molar-refractivity contribution in [2.24, 2.45) is 0 Å². The summed E-state index contributed by atoms with van der Waals surface area (Å²) in [5.74, 6) is -0.919. The number of nitrogens with zero attached hydrogens (tertiary/aromatic N) is 1. The zero-order chi connectivity index (χ0) is 14.5. The second kappa shape index (κ2) is 6.34. The number of aromatic carboxylic acids is 1. The van der Waals surface area contributed by atoms with E-state index in [9.17, 15) is 9.59 Å². The smallest absolute Gasteiger partial charge is 0.335 e. The molecule has 0 fully saturated rings. The van der Waals surface area contributed by atoms with Crippen LogP contribution in [-0.2, 0) is 0 Å². The Morgan fingerprint density at radius 2 is 1.75 bits per heavy atom. The SMILES string of the molecule is CCC(=O)c1ccc(Sc2ccc(C(=O)O)cc2)cn1. The van der Waals surface area contributed by atoms with Gasteiger partial charge in [-0.1, -0.05) is 18.7 Å². The van der Waals surface area contributed by atoms with Crippen molar-refractivity contribution in [2.45, 2.75) is 23.1 Å². The van der Waals surface area contributed by atoms with Crippen molar-refractivity contribution in [3.8, 4) is 0 Å². The minimum absolute atomic E-state index is 0.0207. The van der Waals surface area contributed by atoms with Crippen LogP contribution < -0.4 is 0 Å². The number of hydrogen-bond acceptors (Lipinski definition) is 4. The van der Waals surface area contributed by atoms with Gasteiger partial charge in [0.1, 0.15) is 5.69 Å². The van der Waals surface area contributed by atoms with E-state index in [-0.39, 0.29) is 11.3 Å². The molecule has 102 valence electrons. The van der Waals surface area contributed by atoms with Crippen molar-refractivity contribution in [1.29, 1.82) is 0 Å². The van der Waals surface area contributed by atoms with E-state index in [4.69, 9.17) is 5.11 Å². The molecule has 0 saturated carbocycles. The van der Waals surface area contributed by atoms with Crippen LogP contribution in [0.3, 0.4) is 0 Å². The van der Waals surface area contributed by atoms with Crippen LogP contribution in [0.15, 0.2) is 52.4 Å². The first-order valence-electron chi connectivity index (χ1n) is 6.10. The zero-order valence-corrected chi connectivity index (χ0v) is 11.7. The first kappa shape index (κ1) is 14.3. The second-order valence-corrected chi connectivity index (χ2v) is 5.23. The van der Waals surface area contributed by atoms with Gasteiger partial charge in [-0.05, 0) is 36.4 Å². The molecule has 0 amide bonds. The summed E-state index contributed by atoms with van der Waals surface area (Å²) in [6.07, 6.45) is 2.09. The normalized spacial score (nSPS) is 10.2. The predicted molar refractivity (Wildman–Crippen MR) is 76.4 cm³/mol. The van der Waals surface area contributed by atoms with Gasteiger partial charge in [-0.2, -0.15) is 0 Å². The van der Waals surface area contributed by atoms with Crippen molar-refractivity contribution in [3.05, 3.63) is 53.9 Å². The van der Waals surface area contributed by atoms with Crippen LogP contribution in [0.2, 0.25) is 0 Å². The van der Waals surface area contributed by atoms with E-state index in [1.807, 2.05) is 6.07 Å². The van der Waals surface area contributed by atoms with Gasteiger partial charge in [-0.3, -0.25) is 9.78 Å². The Labute approximate surface area is 120 Å². The average Bonchev–Trinajstić information content (AvgIpc) is 2.48. The molecule has 0 saturated heterocycles. The number of benzene rings is 1. The molecule has 0 atom stereocenters. The van der Waals surface area contributed by atoms with Crippen molar-refractivity contribution >= 4 is 23.5 Å². The number of pyridine rings is 1. The third-order valence-electron chi connectivity index (χ3n) is 2.68. The Balaban J connectivity index is 2.10. The average molecular weight is 287 g/mol. The van der Waals surface area contributed by atoms with Crippen molar-refractivity contribution in [1.82, 2.24) is 4.98 Å². The minimum atomic E-state index is -0.939. The highest BCUT2D eigenvalue weighted by Crippen LogP contribution is 2.27. The van der Waals surface area contributed by atoms with Gasteiger partial charge < -0.3 is 5.11 Å². The Morgan fingerprint density at radius 1 is 1.10 bits per heavy atom. The van der Waals surface area contributed by atoms with Gasteiger partial charge in [-0.15, -0.1) is 0 Å². The largest absolute Gasteiger partial charge is 0.478 e. The zero-order valence-electron chi connectivity index (χ0n) is 10.9. The van der Waals surface area contributed by atoms with E-state index < -0.39 is 5.97 Å². The fraction of sp³-hybridized carbons (Fsp3) is 0.133. The lowest BCUT2D eigenvalue weighted by Crippen LogP contribution is -1.99. The molecule has 5 heteroatoms. The lowest BCUT2D eigenvalue weighted by atomic mass is 10.2. The van der Waals surface area contributed by atoms with E-state index in [0.717, 1.165) is 9.79 Å². The molecule has 1 aromatic heterocycles. The van der Waals surface area contributed by atoms with Gasteiger partial charge in [0.15, 0.2) is 5.78 Å². The van der Waals surface area contributed by atoms with Gasteiger partial charge in [-0.25, -0.2) is 4.79 Å². The van der Waals surface area contributed by atoms with Crippen LogP contribution in [0.25, 0.3) is 0 Å². The molecule has 1 N–H and O–H groups in total. The van der Waals surface area contributed by atoms with E-state index in [0.29, 0.717) is 12.1 Å². The molecule has 2 rings (SSSR count). The molecule has 0 bridgehead atoms. The van der Waals surface area contributed by atoms with Crippen LogP contribution in [0.4, 0.5) is 0 Å². The van der Waals surface area contributed by atoms with E-state index in [1.54, 1.807) is 43.5 Å². The van der Waals surface area contributed by atoms with Crippen molar-refractivity contribution < 1.29 is 14.7 Å². The molecular formula is C15H13NO3S. The predicted octanol–water partition coefficient (Wildman–Crippen LogP) is 3.52. The fourth-order valence-electron chi connectivity index (χ4n) is 1.59. The number of aromatic nitrogens is 1. The van der Waals surface area contributed by atoms with E-state index in [2.05, 4.69) is 4.98 Å². The molecule has 0 aliphatic heterocycles. The first-order chi connectivity index (χ1) is 9.60. The van der Waals surface area contributed by atoms with Crippen LogP contribution in [-0.4, -0.2) is 21.8 Å². The fourth-order valence-corrected chi connectivity index (χ4v) is 2.37. The Hall–Kier alpha value is -2.14. The number of Topliss-reactive ketones (excluding diaryl/α,β-unsaturated/α-hetero) is 1. The van der Waals surface area contributed by atoms with Gasteiger partial charge >= 0.3 is 5.97 Å². The van der Waals surface area contributed by atoms with Crippen molar-refractivity contribution in [3.63, 3.8) is 0 Å². The summed E-state index contributed by atoms with van der Waals surface area (Å²) < 4.78 is 0. The molecule has 20 heavy (non-hydrogen) atoms. The molecule has 0 aliphatic carbocycles. The standard InChI is InChI=1S/C15H13NO3S/c1-2-14(17)13-8-7-12(9-16-13)20-11-5-3-10(4-6-11)15(18)19/h3-9H,2H2,1H3,(H,18,19). The third kappa shape index (κ3) is 3.45. The number of carboxylic acid groups (broad SMARTS) is 1. The number of rotatable bonds is 5. The van der Waals surface area contributed by atoms with Gasteiger partial charge in [0, 0.05) is 22.4 Å². The summed E-state index contributed by atoms with van der Waals surface area (Å²) in [6, 6.07) is 10.2. The number of carbonyl (C=O) groups is 2. The molecule has 0 unspecified atom stereocenters. The Bertz CT molecular complexity index is 621. The minimum Gasteiger partial charge on any atom is -0.478 e. The van der Waals surface area contributed by atoms with Crippen LogP contribution in [0.5, 0.6) is 0 Å². The topological polar surface area (TPSA) is 67.3 Å². The van der Waals surface area contributed by atoms with Crippen LogP contribution in [0, 0.1) is 0 Å². The summed E-state index contributed by atoms with van der Waals surface area (Å²) in [5, 5.41) is 8.82. The maximum absolute atomic E-state index is 11.5. The second-order valence-electron chi connectivity index (χ2n) is 4.09. The highest BCUT2D eigenvalue weighted by atomic mass is 32.2. The van der Waals surface area contributed by atoms with E-state index in [1.165, 1.54) is 11.8 Å². The number of ketones is 1. The molecule has 0 aliphatic rings. The first-order valence-corrected chi connectivity index (χ1v) is 6.92. The maximum atomic E-state index is 11.5. The maximum Gasteiger partial charge on any atom is 0.335 e. The van der Waals surface area contributed by atoms with Crippen LogP contribution >= 0.6 is 11.8 Å². The summed E-state index contributed by atoms with van der Waals surface area (Å²) in [7, 11) is 0. The Morgan fingerprint density at radius 3 is 2.25 bits per heavy atom. The molecule has 0 spiro atoms. The molecule has 1 aromatic carbocycles. The van der Waals surface area contributed by atoms with Gasteiger partial charge in [0.25, 0.3) is 0 Å². The Kier molecular flexibility index (Phi) is 4.53. The molecular weight excluding hydrogens is 274 g/mol. The molecule has 0 radical (unpaired) electrons. The molecule has 4 nitrogen and oxygen atoms in total. The highest BCUT2D eigenvalue weighted by molar-refractivity contribution is 7.99. The lowest BCUT2D eigenvalue weighted by molar-refractivity contribution is 0.0696. The summed E-state index contributed by atoms with van der Waals surface area (Å²) in [6.45, 7) is 1.80. The molecule has 1 heterocycles. The van der Waals surface area contributed by atoms with Crippen molar-refractivity contribution in [2.75, 3.05) is 0 Å².